The average molecular weight is 406 g/mol. The molecule has 4 rings (SSSR count). The minimum absolute atomic E-state index is 0.129. The predicted octanol–water partition coefficient (Wildman–Crippen LogP) is 5.05. The lowest BCUT2D eigenvalue weighted by molar-refractivity contribution is 0.117. The van der Waals surface area contributed by atoms with Crippen molar-refractivity contribution in [1.29, 1.82) is 0 Å². The fourth-order valence-electron chi connectivity index (χ4n) is 4.93. The van der Waals surface area contributed by atoms with E-state index in [1.165, 1.54) is 41.5 Å². The number of aryl methyl sites for hydroxylation is 2. The van der Waals surface area contributed by atoms with Gasteiger partial charge in [-0.15, -0.1) is 0 Å². The minimum atomic E-state index is 0.129. The van der Waals surface area contributed by atoms with Crippen molar-refractivity contribution >= 4 is 6.03 Å². The molecule has 0 bridgehead atoms. The molecule has 160 valence electrons. The van der Waals surface area contributed by atoms with Gasteiger partial charge in [0.05, 0.1) is 6.04 Å². The second kappa shape index (κ2) is 9.65. The first-order valence-electron chi connectivity index (χ1n) is 11.5. The van der Waals surface area contributed by atoms with Crippen LogP contribution in [0.4, 0.5) is 4.79 Å². The van der Waals surface area contributed by atoms with Gasteiger partial charge in [-0.2, -0.15) is 0 Å². The van der Waals surface area contributed by atoms with Crippen LogP contribution >= 0.6 is 0 Å². The maximum atomic E-state index is 12.8. The van der Waals surface area contributed by atoms with Crippen LogP contribution in [0.3, 0.4) is 0 Å². The van der Waals surface area contributed by atoms with Crippen LogP contribution in [-0.4, -0.2) is 48.1 Å². The second-order valence-corrected chi connectivity index (χ2v) is 8.98. The van der Waals surface area contributed by atoms with Gasteiger partial charge in [-0.3, -0.25) is 4.90 Å². The SMILES string of the molecule is Cc1ccc([C@H](c2ccccc2C)N2CCN(C(=O)NC3CCCCC3)CC2)cc1. The Bertz CT molecular complexity index is 834. The highest BCUT2D eigenvalue weighted by Crippen LogP contribution is 2.32. The number of piperazine rings is 1. The standard InChI is InChI=1S/C26H35N3O/c1-20-12-14-22(15-13-20)25(24-11-7-6-8-21(24)2)28-16-18-29(19-17-28)26(30)27-23-9-4-3-5-10-23/h6-8,11-15,23,25H,3-5,9-10,16-19H2,1-2H3,(H,27,30)/t25-/m1/s1. The Morgan fingerprint density at radius 1 is 0.900 bits per heavy atom. The smallest absolute Gasteiger partial charge is 0.317 e. The summed E-state index contributed by atoms with van der Waals surface area (Å²) in [7, 11) is 0. The van der Waals surface area contributed by atoms with E-state index in [0.29, 0.717) is 6.04 Å². The third-order valence-corrected chi connectivity index (χ3v) is 6.78. The fourth-order valence-corrected chi connectivity index (χ4v) is 4.93. The second-order valence-electron chi connectivity index (χ2n) is 8.98. The summed E-state index contributed by atoms with van der Waals surface area (Å²) in [5.41, 5.74) is 5.29. The topological polar surface area (TPSA) is 35.6 Å². The molecule has 2 aromatic rings. The highest BCUT2D eigenvalue weighted by Gasteiger charge is 2.29. The monoisotopic (exact) mass is 405 g/mol. The average Bonchev–Trinajstić information content (AvgIpc) is 2.78. The number of amides is 2. The molecule has 2 fully saturated rings. The first kappa shape index (κ1) is 20.9. The van der Waals surface area contributed by atoms with Crippen LogP contribution in [0.15, 0.2) is 48.5 Å². The van der Waals surface area contributed by atoms with Crippen LogP contribution < -0.4 is 5.32 Å². The van der Waals surface area contributed by atoms with Gasteiger partial charge in [-0.05, 0) is 43.4 Å². The summed E-state index contributed by atoms with van der Waals surface area (Å²) < 4.78 is 0. The first-order valence-corrected chi connectivity index (χ1v) is 11.5. The van der Waals surface area contributed by atoms with E-state index in [9.17, 15) is 4.79 Å². The summed E-state index contributed by atoms with van der Waals surface area (Å²) in [5, 5.41) is 3.28. The molecule has 4 nitrogen and oxygen atoms in total. The highest BCUT2D eigenvalue weighted by molar-refractivity contribution is 5.74. The Kier molecular flexibility index (Phi) is 6.73. The lowest BCUT2D eigenvalue weighted by Gasteiger charge is -2.40. The summed E-state index contributed by atoms with van der Waals surface area (Å²) in [6.45, 7) is 7.69. The van der Waals surface area contributed by atoms with Gasteiger partial charge in [-0.1, -0.05) is 73.4 Å². The Balaban J connectivity index is 1.46. The van der Waals surface area contributed by atoms with Crippen molar-refractivity contribution in [2.75, 3.05) is 26.2 Å². The van der Waals surface area contributed by atoms with Crippen molar-refractivity contribution in [3.8, 4) is 0 Å². The van der Waals surface area contributed by atoms with Gasteiger partial charge in [-0.25, -0.2) is 4.79 Å². The third kappa shape index (κ3) is 4.86. The van der Waals surface area contributed by atoms with E-state index < -0.39 is 0 Å². The van der Waals surface area contributed by atoms with Crippen molar-refractivity contribution in [2.24, 2.45) is 0 Å². The lowest BCUT2D eigenvalue weighted by Crippen LogP contribution is -2.54. The number of nitrogens with zero attached hydrogens (tertiary/aromatic N) is 2. The van der Waals surface area contributed by atoms with Gasteiger partial charge in [0.2, 0.25) is 0 Å². The highest BCUT2D eigenvalue weighted by atomic mass is 16.2. The third-order valence-electron chi connectivity index (χ3n) is 6.78. The maximum absolute atomic E-state index is 12.8. The zero-order valence-corrected chi connectivity index (χ0v) is 18.4. The molecule has 2 aliphatic rings. The normalized spacial score (nSPS) is 19.5. The molecule has 2 aromatic carbocycles. The number of benzene rings is 2. The molecular formula is C26H35N3O. The maximum Gasteiger partial charge on any atom is 0.317 e. The van der Waals surface area contributed by atoms with Crippen LogP contribution in [-0.2, 0) is 0 Å². The molecule has 1 aliphatic heterocycles. The summed E-state index contributed by atoms with van der Waals surface area (Å²) in [5.74, 6) is 0. The van der Waals surface area contributed by atoms with E-state index in [1.807, 2.05) is 4.90 Å². The van der Waals surface area contributed by atoms with E-state index >= 15 is 0 Å². The van der Waals surface area contributed by atoms with Gasteiger partial charge in [0.1, 0.15) is 0 Å². The number of rotatable bonds is 4. The van der Waals surface area contributed by atoms with Crippen molar-refractivity contribution in [2.45, 2.75) is 58.0 Å². The van der Waals surface area contributed by atoms with Gasteiger partial charge >= 0.3 is 6.03 Å². The molecule has 4 heteroatoms. The molecule has 1 heterocycles. The van der Waals surface area contributed by atoms with E-state index in [1.54, 1.807) is 0 Å². The van der Waals surface area contributed by atoms with E-state index in [4.69, 9.17) is 0 Å². The molecule has 30 heavy (non-hydrogen) atoms. The lowest BCUT2D eigenvalue weighted by atomic mass is 9.92. The van der Waals surface area contributed by atoms with Crippen molar-refractivity contribution in [3.63, 3.8) is 0 Å². The zero-order valence-electron chi connectivity index (χ0n) is 18.4. The Morgan fingerprint density at radius 3 is 2.23 bits per heavy atom. The molecular weight excluding hydrogens is 370 g/mol. The molecule has 0 unspecified atom stereocenters. The van der Waals surface area contributed by atoms with Crippen molar-refractivity contribution in [3.05, 3.63) is 70.8 Å². The summed E-state index contributed by atoms with van der Waals surface area (Å²) in [6.07, 6.45) is 6.06. The van der Waals surface area contributed by atoms with Gasteiger partial charge in [0.25, 0.3) is 0 Å². The quantitative estimate of drug-likeness (QED) is 0.772. The minimum Gasteiger partial charge on any atom is -0.335 e. The largest absolute Gasteiger partial charge is 0.335 e. The summed E-state index contributed by atoms with van der Waals surface area (Å²) >= 11 is 0. The molecule has 0 spiro atoms. The summed E-state index contributed by atoms with van der Waals surface area (Å²) in [4.78, 5) is 17.3. The van der Waals surface area contributed by atoms with Gasteiger partial charge in [0.15, 0.2) is 0 Å². The number of hydrogen-bond acceptors (Lipinski definition) is 2. The molecule has 1 saturated heterocycles. The van der Waals surface area contributed by atoms with Crippen LogP contribution in [0.5, 0.6) is 0 Å². The van der Waals surface area contributed by atoms with Gasteiger partial charge in [0, 0.05) is 32.2 Å². The predicted molar refractivity (Wildman–Crippen MR) is 123 cm³/mol. The zero-order chi connectivity index (χ0) is 20.9. The Labute approximate surface area is 181 Å². The van der Waals surface area contributed by atoms with Crippen LogP contribution in [0.2, 0.25) is 0 Å². The Hall–Kier alpha value is -2.33. The van der Waals surface area contributed by atoms with Crippen molar-refractivity contribution < 1.29 is 4.79 Å². The van der Waals surface area contributed by atoms with E-state index in [2.05, 4.69) is 72.6 Å². The summed E-state index contributed by atoms with van der Waals surface area (Å²) in [6, 6.07) is 18.4. The number of urea groups is 1. The first-order chi connectivity index (χ1) is 14.6. The molecule has 1 aliphatic carbocycles. The van der Waals surface area contributed by atoms with Crippen molar-refractivity contribution in [1.82, 2.24) is 15.1 Å². The molecule has 0 aromatic heterocycles. The number of hydrogen-bond donors (Lipinski definition) is 1. The number of carbonyl (C=O) groups is 1. The fraction of sp³-hybridized carbons (Fsp3) is 0.500. The number of nitrogens with one attached hydrogen (secondary N) is 1. The van der Waals surface area contributed by atoms with Crippen LogP contribution in [0.25, 0.3) is 0 Å². The molecule has 2 amide bonds. The van der Waals surface area contributed by atoms with Crippen LogP contribution in [0.1, 0.15) is 60.4 Å². The molecule has 0 radical (unpaired) electrons. The van der Waals surface area contributed by atoms with Gasteiger partial charge < -0.3 is 10.2 Å². The Morgan fingerprint density at radius 2 is 1.57 bits per heavy atom. The molecule has 1 saturated carbocycles. The molecule has 1 N–H and O–H groups in total. The van der Waals surface area contributed by atoms with E-state index in [-0.39, 0.29) is 12.1 Å². The molecule has 1 atom stereocenters. The van der Waals surface area contributed by atoms with E-state index in [0.717, 1.165) is 39.0 Å². The number of carbonyl (C=O) groups excluding carboxylic acids is 1. The van der Waals surface area contributed by atoms with Crippen LogP contribution in [0, 0.1) is 13.8 Å².